The maximum Gasteiger partial charge on any atom is 0.129 e. The Morgan fingerprint density at radius 2 is 1.90 bits per heavy atom. The van der Waals surface area contributed by atoms with Crippen molar-refractivity contribution in [1.29, 1.82) is 0 Å². The predicted molar refractivity (Wildman–Crippen MR) is 85.2 cm³/mol. The molecule has 1 atom stereocenters. The molecule has 1 saturated heterocycles. The summed E-state index contributed by atoms with van der Waals surface area (Å²) in [6, 6.07) is 13.3. The van der Waals surface area contributed by atoms with Crippen LogP contribution in [0, 0.1) is 5.92 Å². The minimum Gasteiger partial charge on any atom is -0.357 e. The molecule has 1 aromatic heterocycles. The van der Waals surface area contributed by atoms with E-state index >= 15 is 0 Å². The van der Waals surface area contributed by atoms with E-state index in [1.165, 1.54) is 18.2 Å². The second-order valence-corrected chi connectivity index (χ2v) is 5.76. The first kappa shape index (κ1) is 13.4. The fourth-order valence-corrected chi connectivity index (χ4v) is 3.10. The van der Waals surface area contributed by atoms with E-state index in [9.17, 15) is 0 Å². The Bertz CT molecular complexity index is 573. The van der Waals surface area contributed by atoms with Gasteiger partial charge in [-0.25, -0.2) is 4.98 Å². The molecule has 2 heterocycles. The predicted octanol–water partition coefficient (Wildman–Crippen LogP) is 3.06. The Morgan fingerprint density at radius 1 is 1.15 bits per heavy atom. The van der Waals surface area contributed by atoms with Gasteiger partial charge in [0.2, 0.25) is 0 Å². The van der Waals surface area contributed by atoms with Crippen LogP contribution in [0.1, 0.15) is 19.8 Å². The highest BCUT2D eigenvalue weighted by Crippen LogP contribution is 2.25. The van der Waals surface area contributed by atoms with Gasteiger partial charge in [-0.15, -0.1) is 0 Å². The van der Waals surface area contributed by atoms with Crippen LogP contribution in [0.25, 0.3) is 10.9 Å². The number of para-hydroxylation sites is 1. The first-order valence-corrected chi connectivity index (χ1v) is 7.56. The molecular weight excluding hydrogens is 246 g/mol. The standard InChI is InChI=1S/C17H23N3/c1-13(18-2)14-9-11-20(12-10-14)17-8-7-15-5-3-4-6-16(15)19-17/h3-8,13-14,18H,9-12H2,1-2H3. The van der Waals surface area contributed by atoms with Gasteiger partial charge >= 0.3 is 0 Å². The average Bonchev–Trinajstić information content (AvgIpc) is 2.54. The van der Waals surface area contributed by atoms with Gasteiger partial charge in [0.25, 0.3) is 0 Å². The van der Waals surface area contributed by atoms with Crippen molar-refractivity contribution in [3.63, 3.8) is 0 Å². The summed E-state index contributed by atoms with van der Waals surface area (Å²) < 4.78 is 0. The van der Waals surface area contributed by atoms with Crippen LogP contribution in [0.15, 0.2) is 36.4 Å². The summed E-state index contributed by atoms with van der Waals surface area (Å²) in [4.78, 5) is 7.22. The summed E-state index contributed by atoms with van der Waals surface area (Å²) in [6.07, 6.45) is 2.49. The Morgan fingerprint density at radius 3 is 2.65 bits per heavy atom. The fraction of sp³-hybridized carbons (Fsp3) is 0.471. The lowest BCUT2D eigenvalue weighted by Crippen LogP contribution is -2.41. The van der Waals surface area contributed by atoms with Gasteiger partial charge in [0.1, 0.15) is 5.82 Å². The van der Waals surface area contributed by atoms with Crippen molar-refractivity contribution >= 4 is 16.7 Å². The zero-order chi connectivity index (χ0) is 13.9. The second-order valence-electron chi connectivity index (χ2n) is 5.76. The third kappa shape index (κ3) is 2.63. The van der Waals surface area contributed by atoms with Gasteiger partial charge in [-0.1, -0.05) is 18.2 Å². The minimum absolute atomic E-state index is 0.613. The van der Waals surface area contributed by atoms with Crippen LogP contribution in [0.2, 0.25) is 0 Å². The van der Waals surface area contributed by atoms with Crippen LogP contribution >= 0.6 is 0 Å². The van der Waals surface area contributed by atoms with Crippen molar-refractivity contribution in [2.45, 2.75) is 25.8 Å². The number of nitrogens with one attached hydrogen (secondary N) is 1. The van der Waals surface area contributed by atoms with E-state index in [-0.39, 0.29) is 0 Å². The van der Waals surface area contributed by atoms with Crippen LogP contribution in [0.3, 0.4) is 0 Å². The average molecular weight is 269 g/mol. The number of hydrogen-bond acceptors (Lipinski definition) is 3. The summed E-state index contributed by atoms with van der Waals surface area (Å²) in [5.41, 5.74) is 1.09. The van der Waals surface area contributed by atoms with Gasteiger partial charge in [0.05, 0.1) is 5.52 Å². The highest BCUT2D eigenvalue weighted by molar-refractivity contribution is 5.80. The van der Waals surface area contributed by atoms with E-state index in [0.29, 0.717) is 6.04 Å². The largest absolute Gasteiger partial charge is 0.357 e. The molecule has 3 nitrogen and oxygen atoms in total. The third-order valence-electron chi connectivity index (χ3n) is 4.61. The molecule has 0 radical (unpaired) electrons. The molecule has 1 aliphatic heterocycles. The quantitative estimate of drug-likeness (QED) is 0.928. The van der Waals surface area contributed by atoms with Crippen molar-refractivity contribution in [2.24, 2.45) is 5.92 Å². The molecule has 0 bridgehead atoms. The molecule has 3 heteroatoms. The number of piperidine rings is 1. The summed E-state index contributed by atoms with van der Waals surface area (Å²) in [7, 11) is 2.06. The zero-order valence-corrected chi connectivity index (χ0v) is 12.3. The van der Waals surface area contributed by atoms with Crippen LogP contribution in [0.5, 0.6) is 0 Å². The van der Waals surface area contributed by atoms with E-state index in [1.54, 1.807) is 0 Å². The van der Waals surface area contributed by atoms with E-state index < -0.39 is 0 Å². The lowest BCUT2D eigenvalue weighted by Gasteiger charge is -2.35. The lowest BCUT2D eigenvalue weighted by atomic mass is 9.90. The van der Waals surface area contributed by atoms with Crippen LogP contribution in [0.4, 0.5) is 5.82 Å². The number of rotatable bonds is 3. The van der Waals surface area contributed by atoms with Crippen LogP contribution in [-0.4, -0.2) is 31.2 Å². The summed E-state index contributed by atoms with van der Waals surface area (Å²) in [6.45, 7) is 4.51. The SMILES string of the molecule is CNC(C)C1CCN(c2ccc3ccccc3n2)CC1. The summed E-state index contributed by atoms with van der Waals surface area (Å²) in [5, 5.41) is 4.60. The highest BCUT2D eigenvalue weighted by atomic mass is 15.2. The maximum atomic E-state index is 4.80. The van der Waals surface area contributed by atoms with Crippen LogP contribution in [-0.2, 0) is 0 Å². The van der Waals surface area contributed by atoms with E-state index in [0.717, 1.165) is 30.3 Å². The number of aromatic nitrogens is 1. The molecule has 0 saturated carbocycles. The zero-order valence-electron chi connectivity index (χ0n) is 12.3. The molecule has 2 aromatic rings. The van der Waals surface area contributed by atoms with Crippen molar-refractivity contribution in [3.05, 3.63) is 36.4 Å². The molecule has 3 rings (SSSR count). The highest BCUT2D eigenvalue weighted by Gasteiger charge is 2.23. The number of fused-ring (bicyclic) bond motifs is 1. The first-order chi connectivity index (χ1) is 9.78. The van der Waals surface area contributed by atoms with Gasteiger partial charge in [0.15, 0.2) is 0 Å². The van der Waals surface area contributed by atoms with Crippen molar-refractivity contribution in [1.82, 2.24) is 10.3 Å². The topological polar surface area (TPSA) is 28.2 Å². The first-order valence-electron chi connectivity index (χ1n) is 7.56. The molecule has 0 spiro atoms. The van der Waals surface area contributed by atoms with Gasteiger partial charge in [-0.05, 0) is 50.9 Å². The molecular formula is C17H23N3. The molecule has 0 amide bonds. The van der Waals surface area contributed by atoms with E-state index in [2.05, 4.69) is 60.6 Å². The molecule has 0 aliphatic carbocycles. The third-order valence-corrected chi connectivity index (χ3v) is 4.61. The van der Waals surface area contributed by atoms with Gasteiger partial charge < -0.3 is 10.2 Å². The number of hydrogen-bond donors (Lipinski definition) is 1. The lowest BCUT2D eigenvalue weighted by molar-refractivity contribution is 0.323. The molecule has 20 heavy (non-hydrogen) atoms. The number of anilines is 1. The molecule has 1 aromatic carbocycles. The molecule has 1 aliphatic rings. The fourth-order valence-electron chi connectivity index (χ4n) is 3.10. The Balaban J connectivity index is 1.73. The van der Waals surface area contributed by atoms with Gasteiger partial charge in [-0.2, -0.15) is 0 Å². The van der Waals surface area contributed by atoms with Gasteiger partial charge in [0, 0.05) is 24.5 Å². The van der Waals surface area contributed by atoms with Crippen molar-refractivity contribution < 1.29 is 0 Å². The van der Waals surface area contributed by atoms with Crippen molar-refractivity contribution in [2.75, 3.05) is 25.0 Å². The second kappa shape index (κ2) is 5.80. The Labute approximate surface area is 121 Å². The van der Waals surface area contributed by atoms with Gasteiger partial charge in [-0.3, -0.25) is 0 Å². The maximum absolute atomic E-state index is 4.80. The normalized spacial score (nSPS) is 18.4. The van der Waals surface area contributed by atoms with Crippen molar-refractivity contribution in [3.8, 4) is 0 Å². The number of nitrogens with zero attached hydrogens (tertiary/aromatic N) is 2. The van der Waals surface area contributed by atoms with E-state index in [1.807, 2.05) is 0 Å². The number of pyridine rings is 1. The summed E-state index contributed by atoms with van der Waals surface area (Å²) >= 11 is 0. The molecule has 1 fully saturated rings. The molecule has 1 unspecified atom stereocenters. The minimum atomic E-state index is 0.613. The Kier molecular flexibility index (Phi) is 3.88. The monoisotopic (exact) mass is 269 g/mol. The van der Waals surface area contributed by atoms with E-state index in [4.69, 9.17) is 4.98 Å². The molecule has 1 N–H and O–H groups in total. The molecule has 106 valence electrons. The number of benzene rings is 1. The smallest absolute Gasteiger partial charge is 0.129 e. The Hall–Kier alpha value is -1.61. The van der Waals surface area contributed by atoms with Crippen LogP contribution < -0.4 is 10.2 Å². The summed E-state index contributed by atoms with van der Waals surface area (Å²) in [5.74, 6) is 1.91.